The molecule has 0 fully saturated rings. The molecule has 1 spiro atoms. The van der Waals surface area contributed by atoms with Gasteiger partial charge in [0.25, 0.3) is 0 Å². The lowest BCUT2D eigenvalue weighted by atomic mass is 9.76. The van der Waals surface area contributed by atoms with Crippen LogP contribution in [0.2, 0.25) is 0 Å². The molecule has 0 unspecified atom stereocenters. The van der Waals surface area contributed by atoms with E-state index in [9.17, 15) is 20.1 Å². The second kappa shape index (κ2) is 3.57. The average Bonchev–Trinajstić information content (AvgIpc) is 2.68. The van der Waals surface area contributed by atoms with Gasteiger partial charge in [-0.15, -0.1) is 0 Å². The minimum atomic E-state index is -1.22. The molecule has 0 saturated carbocycles. The highest BCUT2D eigenvalue weighted by Crippen LogP contribution is 2.49. The number of aliphatic hydroxyl groups is 2. The first-order valence-electron chi connectivity index (χ1n) is 5.63. The van der Waals surface area contributed by atoms with E-state index in [-0.39, 0.29) is 12.2 Å². The van der Waals surface area contributed by atoms with E-state index in [2.05, 4.69) is 0 Å². The van der Waals surface area contributed by atoms with Crippen molar-refractivity contribution in [1.29, 1.82) is 0 Å². The molecule has 5 heteroatoms. The molecule has 0 radical (unpaired) electrons. The fourth-order valence-corrected chi connectivity index (χ4v) is 2.67. The number of rotatable bonds is 0. The summed E-state index contributed by atoms with van der Waals surface area (Å²) in [5.74, 6) is -0.605. The molecule has 1 heterocycles. The van der Waals surface area contributed by atoms with Gasteiger partial charge in [0, 0.05) is 18.1 Å². The smallest absolute Gasteiger partial charge is 0.331 e. The molecule has 5 nitrogen and oxygen atoms in total. The standard InChI is InChI=1S/C13H12O5/c14-8-3-1-2-7-11(8)9(15)6-13(12(7)17)5-4-10(16)18-13/h1-5,9,12,14-15,17H,6H2/t9-,12-,13+/m0/s1. The Labute approximate surface area is 103 Å². The summed E-state index contributed by atoms with van der Waals surface area (Å²) in [6, 6.07) is 4.62. The lowest BCUT2D eigenvalue weighted by molar-refractivity contribution is -0.161. The molecule has 94 valence electrons. The molecule has 1 aromatic carbocycles. The van der Waals surface area contributed by atoms with Crippen LogP contribution in [0.15, 0.2) is 30.4 Å². The number of aliphatic hydroxyl groups excluding tert-OH is 2. The number of hydrogen-bond acceptors (Lipinski definition) is 5. The molecule has 2 aliphatic rings. The Hall–Kier alpha value is -1.85. The van der Waals surface area contributed by atoms with Crippen LogP contribution in [0.4, 0.5) is 0 Å². The number of carbonyl (C=O) groups excluding carboxylic acids is 1. The molecule has 18 heavy (non-hydrogen) atoms. The van der Waals surface area contributed by atoms with Gasteiger partial charge in [-0.1, -0.05) is 12.1 Å². The Balaban J connectivity index is 2.13. The molecule has 0 saturated heterocycles. The zero-order valence-electron chi connectivity index (χ0n) is 9.41. The van der Waals surface area contributed by atoms with Crippen LogP contribution in [0, 0.1) is 0 Å². The number of esters is 1. The van der Waals surface area contributed by atoms with Crippen molar-refractivity contribution in [2.75, 3.05) is 0 Å². The SMILES string of the molecule is O=C1C=C[C@]2(C[C@H](O)c3c(O)cccc3[C@@H]2O)O1. The van der Waals surface area contributed by atoms with Crippen molar-refractivity contribution < 1.29 is 24.9 Å². The van der Waals surface area contributed by atoms with E-state index in [0.717, 1.165) is 0 Å². The molecule has 0 aromatic heterocycles. The fraction of sp³-hybridized carbons (Fsp3) is 0.308. The van der Waals surface area contributed by atoms with E-state index in [1.54, 1.807) is 12.1 Å². The second-order valence-corrected chi connectivity index (χ2v) is 4.61. The number of benzene rings is 1. The zero-order valence-corrected chi connectivity index (χ0v) is 9.41. The molecule has 1 aromatic rings. The van der Waals surface area contributed by atoms with Crippen LogP contribution in [-0.4, -0.2) is 26.9 Å². The molecule has 3 atom stereocenters. The van der Waals surface area contributed by atoms with E-state index in [1.807, 2.05) is 0 Å². The number of carbonyl (C=O) groups is 1. The Bertz CT molecular complexity index is 550. The summed E-state index contributed by atoms with van der Waals surface area (Å²) in [6.07, 6.45) is 0.659. The number of phenols is 1. The normalized spacial score (nSPS) is 33.6. The predicted molar refractivity (Wildman–Crippen MR) is 60.6 cm³/mol. The first kappa shape index (κ1) is 11.3. The lowest BCUT2D eigenvalue weighted by Gasteiger charge is -2.39. The van der Waals surface area contributed by atoms with Crippen LogP contribution in [0.3, 0.4) is 0 Å². The summed E-state index contributed by atoms with van der Waals surface area (Å²) in [5.41, 5.74) is -0.544. The molecular weight excluding hydrogens is 236 g/mol. The second-order valence-electron chi connectivity index (χ2n) is 4.61. The maximum absolute atomic E-state index is 11.2. The topological polar surface area (TPSA) is 87.0 Å². The van der Waals surface area contributed by atoms with Crippen LogP contribution in [-0.2, 0) is 9.53 Å². The van der Waals surface area contributed by atoms with Gasteiger partial charge in [0.15, 0.2) is 5.60 Å². The van der Waals surface area contributed by atoms with Crippen LogP contribution < -0.4 is 0 Å². The number of phenolic OH excluding ortho intramolecular Hbond substituents is 1. The predicted octanol–water partition coefficient (Wildman–Crippen LogP) is 0.714. The number of ether oxygens (including phenoxy) is 1. The van der Waals surface area contributed by atoms with Gasteiger partial charge in [-0.3, -0.25) is 0 Å². The Kier molecular flexibility index (Phi) is 2.23. The van der Waals surface area contributed by atoms with Crippen molar-refractivity contribution >= 4 is 5.97 Å². The van der Waals surface area contributed by atoms with E-state index in [1.165, 1.54) is 18.2 Å². The van der Waals surface area contributed by atoms with Crippen LogP contribution >= 0.6 is 0 Å². The largest absolute Gasteiger partial charge is 0.508 e. The third-order valence-electron chi connectivity index (χ3n) is 3.51. The Morgan fingerprint density at radius 1 is 1.33 bits per heavy atom. The first-order chi connectivity index (χ1) is 8.53. The van der Waals surface area contributed by atoms with E-state index >= 15 is 0 Å². The number of hydrogen-bond donors (Lipinski definition) is 3. The van der Waals surface area contributed by atoms with Crippen LogP contribution in [0.25, 0.3) is 0 Å². The summed E-state index contributed by atoms with van der Waals surface area (Å²) in [4.78, 5) is 11.2. The van der Waals surface area contributed by atoms with Crippen molar-refractivity contribution in [3.63, 3.8) is 0 Å². The Morgan fingerprint density at radius 2 is 2.11 bits per heavy atom. The molecule has 1 aliphatic carbocycles. The maximum atomic E-state index is 11.2. The number of aromatic hydroxyl groups is 1. The summed E-state index contributed by atoms with van der Waals surface area (Å²) < 4.78 is 5.13. The van der Waals surface area contributed by atoms with Crippen LogP contribution in [0.5, 0.6) is 5.75 Å². The van der Waals surface area contributed by atoms with Gasteiger partial charge < -0.3 is 20.1 Å². The van der Waals surface area contributed by atoms with E-state index < -0.39 is 23.8 Å². The van der Waals surface area contributed by atoms with Gasteiger partial charge in [0.1, 0.15) is 11.9 Å². The summed E-state index contributed by atoms with van der Waals surface area (Å²) in [7, 11) is 0. The first-order valence-corrected chi connectivity index (χ1v) is 5.63. The van der Waals surface area contributed by atoms with Gasteiger partial charge in [-0.2, -0.15) is 0 Å². The van der Waals surface area contributed by atoms with Gasteiger partial charge >= 0.3 is 5.97 Å². The molecule has 3 N–H and O–H groups in total. The van der Waals surface area contributed by atoms with Crippen molar-refractivity contribution in [2.24, 2.45) is 0 Å². The van der Waals surface area contributed by atoms with Crippen molar-refractivity contribution in [3.8, 4) is 5.75 Å². The van der Waals surface area contributed by atoms with Gasteiger partial charge in [-0.05, 0) is 17.7 Å². The van der Waals surface area contributed by atoms with E-state index in [4.69, 9.17) is 4.74 Å². The number of fused-ring (bicyclic) bond motifs is 1. The van der Waals surface area contributed by atoms with Crippen molar-refractivity contribution in [2.45, 2.75) is 24.2 Å². The molecule has 1 aliphatic heterocycles. The van der Waals surface area contributed by atoms with Gasteiger partial charge in [0.05, 0.1) is 6.10 Å². The molecule has 0 bridgehead atoms. The van der Waals surface area contributed by atoms with Crippen molar-refractivity contribution in [3.05, 3.63) is 41.5 Å². The zero-order chi connectivity index (χ0) is 12.9. The third kappa shape index (κ3) is 1.38. The summed E-state index contributed by atoms with van der Waals surface area (Å²) in [5, 5.41) is 30.1. The monoisotopic (exact) mass is 248 g/mol. The minimum absolute atomic E-state index is 0.0288. The Morgan fingerprint density at radius 3 is 2.78 bits per heavy atom. The minimum Gasteiger partial charge on any atom is -0.508 e. The average molecular weight is 248 g/mol. The quantitative estimate of drug-likeness (QED) is 0.589. The fourth-order valence-electron chi connectivity index (χ4n) is 2.67. The summed E-state index contributed by atoms with van der Waals surface area (Å²) >= 11 is 0. The van der Waals surface area contributed by atoms with Crippen LogP contribution in [0.1, 0.15) is 29.8 Å². The van der Waals surface area contributed by atoms with Gasteiger partial charge in [0.2, 0.25) is 0 Å². The highest BCUT2D eigenvalue weighted by Gasteiger charge is 2.50. The lowest BCUT2D eigenvalue weighted by Crippen LogP contribution is -2.41. The highest BCUT2D eigenvalue weighted by molar-refractivity contribution is 5.85. The highest BCUT2D eigenvalue weighted by atomic mass is 16.6. The van der Waals surface area contributed by atoms with E-state index in [0.29, 0.717) is 11.1 Å². The maximum Gasteiger partial charge on any atom is 0.331 e. The molecular formula is C13H12O5. The molecule has 0 amide bonds. The molecule has 3 rings (SSSR count). The summed E-state index contributed by atoms with van der Waals surface area (Å²) in [6.45, 7) is 0. The third-order valence-corrected chi connectivity index (χ3v) is 3.51. The van der Waals surface area contributed by atoms with Crippen molar-refractivity contribution in [1.82, 2.24) is 0 Å². The van der Waals surface area contributed by atoms with Gasteiger partial charge in [-0.25, -0.2) is 4.79 Å².